The van der Waals surface area contributed by atoms with Gasteiger partial charge in [-0.3, -0.25) is 0 Å². The molecular formula is C14H18BF3N2O2. The topological polar surface area (TPSA) is 44.2 Å². The van der Waals surface area contributed by atoms with Gasteiger partial charge in [-0.25, -0.2) is 9.97 Å². The highest BCUT2D eigenvalue weighted by Crippen LogP contribution is 2.58. The molecule has 1 aromatic rings. The molecule has 0 aromatic carbocycles. The van der Waals surface area contributed by atoms with Crippen molar-refractivity contribution in [3.05, 3.63) is 23.8 Å². The molecule has 2 heterocycles. The van der Waals surface area contributed by atoms with Crippen molar-refractivity contribution in [2.24, 2.45) is 0 Å². The average molecular weight is 314 g/mol. The van der Waals surface area contributed by atoms with Gasteiger partial charge in [-0.1, -0.05) is 0 Å². The lowest BCUT2D eigenvalue weighted by Gasteiger charge is -2.32. The van der Waals surface area contributed by atoms with Crippen LogP contribution in [0.5, 0.6) is 0 Å². The summed E-state index contributed by atoms with van der Waals surface area (Å²) in [7, 11) is -0.403. The highest BCUT2D eigenvalue weighted by Gasteiger charge is 2.60. The van der Waals surface area contributed by atoms with Gasteiger partial charge in [0.05, 0.1) is 11.2 Å². The molecule has 2 fully saturated rings. The molecule has 0 unspecified atom stereocenters. The summed E-state index contributed by atoms with van der Waals surface area (Å²) in [5.41, 5.74) is -0.469. The zero-order valence-electron chi connectivity index (χ0n) is 12.9. The molecule has 120 valence electrons. The molecule has 3 rings (SSSR count). The van der Waals surface area contributed by atoms with E-state index in [4.69, 9.17) is 9.31 Å². The van der Waals surface area contributed by atoms with E-state index < -0.39 is 30.3 Å². The van der Waals surface area contributed by atoms with Crippen molar-refractivity contribution < 1.29 is 22.5 Å². The van der Waals surface area contributed by atoms with Crippen molar-refractivity contribution in [2.75, 3.05) is 0 Å². The van der Waals surface area contributed by atoms with Gasteiger partial charge >= 0.3 is 13.3 Å². The lowest BCUT2D eigenvalue weighted by atomic mass is 9.80. The number of halogens is 3. The smallest absolute Gasteiger partial charge is 0.403 e. The van der Waals surface area contributed by atoms with E-state index in [2.05, 4.69) is 9.97 Å². The van der Waals surface area contributed by atoms with Gasteiger partial charge in [-0.05, 0) is 40.2 Å². The molecule has 8 heteroatoms. The van der Waals surface area contributed by atoms with Gasteiger partial charge in [0.15, 0.2) is 0 Å². The zero-order valence-corrected chi connectivity index (χ0v) is 12.9. The summed E-state index contributed by atoms with van der Waals surface area (Å²) in [6.45, 7) is 7.82. The lowest BCUT2D eigenvalue weighted by molar-refractivity contribution is -0.145. The summed E-state index contributed by atoms with van der Waals surface area (Å²) in [5.74, 6) is -1.12. The van der Waals surface area contributed by atoms with E-state index in [1.165, 1.54) is 6.07 Å². The van der Waals surface area contributed by atoms with E-state index in [1.807, 2.05) is 27.7 Å². The van der Waals surface area contributed by atoms with Crippen molar-refractivity contribution in [1.29, 1.82) is 0 Å². The van der Waals surface area contributed by atoms with Crippen molar-refractivity contribution >= 4 is 7.12 Å². The van der Waals surface area contributed by atoms with E-state index >= 15 is 0 Å². The first kappa shape index (κ1) is 15.7. The van der Waals surface area contributed by atoms with Crippen molar-refractivity contribution in [3.63, 3.8) is 0 Å². The fourth-order valence-electron chi connectivity index (χ4n) is 2.63. The minimum Gasteiger partial charge on any atom is -0.403 e. The molecule has 4 nitrogen and oxygen atoms in total. The Hall–Kier alpha value is -1.15. The highest BCUT2D eigenvalue weighted by molar-refractivity contribution is 6.49. The Morgan fingerprint density at radius 1 is 1.18 bits per heavy atom. The summed E-state index contributed by atoms with van der Waals surface area (Å²) in [4.78, 5) is 6.94. The third-order valence-corrected chi connectivity index (χ3v) is 4.77. The van der Waals surface area contributed by atoms with Crippen LogP contribution in [-0.4, -0.2) is 28.3 Å². The third kappa shape index (κ3) is 2.62. The number of rotatable bonds is 2. The SMILES string of the molecule is CC1(C)OB([C@@H]2C[C@H]2c2ccnc(C(F)(F)F)n2)OC1(C)C. The van der Waals surface area contributed by atoms with Crippen LogP contribution in [0.2, 0.25) is 5.82 Å². The maximum absolute atomic E-state index is 12.7. The molecule has 0 bridgehead atoms. The Bertz CT molecular complexity index is 576. The van der Waals surface area contributed by atoms with Crippen LogP contribution in [0.3, 0.4) is 0 Å². The normalized spacial score (nSPS) is 29.7. The Morgan fingerprint density at radius 3 is 2.32 bits per heavy atom. The molecule has 0 amide bonds. The van der Waals surface area contributed by atoms with Crippen LogP contribution in [0.1, 0.15) is 51.6 Å². The Balaban J connectivity index is 1.74. The summed E-state index contributed by atoms with van der Waals surface area (Å²) >= 11 is 0. The predicted molar refractivity (Wildman–Crippen MR) is 74.2 cm³/mol. The molecule has 0 N–H and O–H groups in total. The minimum absolute atomic E-state index is 0.0389. The number of aromatic nitrogens is 2. The van der Waals surface area contributed by atoms with E-state index in [-0.39, 0.29) is 11.7 Å². The molecule has 2 aliphatic rings. The molecule has 1 aliphatic heterocycles. The minimum atomic E-state index is -4.52. The first-order valence-electron chi connectivity index (χ1n) is 7.27. The van der Waals surface area contributed by atoms with Crippen LogP contribution >= 0.6 is 0 Å². The summed E-state index contributed by atoms with van der Waals surface area (Å²) in [5, 5.41) is 0. The fourth-order valence-corrected chi connectivity index (χ4v) is 2.63. The Kier molecular flexibility index (Phi) is 3.34. The maximum Gasteiger partial charge on any atom is 0.461 e. The first-order valence-corrected chi connectivity index (χ1v) is 7.27. The summed E-state index contributed by atoms with van der Waals surface area (Å²) < 4.78 is 49.9. The van der Waals surface area contributed by atoms with Crippen LogP contribution in [0.15, 0.2) is 12.3 Å². The third-order valence-electron chi connectivity index (χ3n) is 4.77. The Morgan fingerprint density at radius 2 is 1.77 bits per heavy atom. The molecule has 0 spiro atoms. The average Bonchev–Trinajstić information content (AvgIpc) is 3.12. The van der Waals surface area contributed by atoms with E-state index in [0.29, 0.717) is 12.1 Å². The van der Waals surface area contributed by atoms with Gasteiger partial charge in [0.2, 0.25) is 5.82 Å². The largest absolute Gasteiger partial charge is 0.461 e. The van der Waals surface area contributed by atoms with E-state index in [1.54, 1.807) is 0 Å². The van der Waals surface area contributed by atoms with E-state index in [9.17, 15) is 13.2 Å². The van der Waals surface area contributed by atoms with Crippen molar-refractivity contribution in [1.82, 2.24) is 9.97 Å². The van der Waals surface area contributed by atoms with Crippen molar-refractivity contribution in [3.8, 4) is 0 Å². The second-order valence-electron chi connectivity index (χ2n) is 6.93. The number of hydrogen-bond donors (Lipinski definition) is 0. The number of hydrogen-bond acceptors (Lipinski definition) is 4. The van der Waals surface area contributed by atoms with Crippen molar-refractivity contribution in [2.45, 2.75) is 63.2 Å². The highest BCUT2D eigenvalue weighted by atomic mass is 19.4. The fraction of sp³-hybridized carbons (Fsp3) is 0.714. The predicted octanol–water partition coefficient (Wildman–Crippen LogP) is 3.45. The molecular weight excluding hydrogens is 296 g/mol. The summed E-state index contributed by atoms with van der Waals surface area (Å²) in [6.07, 6.45) is -2.65. The molecule has 1 aromatic heterocycles. The van der Waals surface area contributed by atoms with Gasteiger partial charge in [-0.2, -0.15) is 13.2 Å². The van der Waals surface area contributed by atoms with E-state index in [0.717, 1.165) is 6.20 Å². The summed E-state index contributed by atoms with van der Waals surface area (Å²) in [6, 6.07) is 1.53. The monoisotopic (exact) mass is 314 g/mol. The quantitative estimate of drug-likeness (QED) is 0.784. The zero-order chi connectivity index (χ0) is 16.3. The standard InChI is InChI=1S/C14H18BF3N2O2/c1-12(2)13(3,4)22-15(21-12)9-7-8(9)10-5-6-19-11(20-10)14(16,17)18/h5-6,8-9H,7H2,1-4H3/t8-,9-/m1/s1. The molecule has 22 heavy (non-hydrogen) atoms. The second kappa shape index (κ2) is 4.68. The van der Waals surface area contributed by atoms with Crippen LogP contribution < -0.4 is 0 Å². The Labute approximate surface area is 127 Å². The number of nitrogens with zero attached hydrogens (tertiary/aromatic N) is 2. The van der Waals surface area contributed by atoms with Crippen LogP contribution in [0, 0.1) is 0 Å². The molecule has 1 saturated heterocycles. The second-order valence-corrected chi connectivity index (χ2v) is 6.93. The maximum atomic E-state index is 12.7. The van der Waals surface area contributed by atoms with Crippen LogP contribution in [0.4, 0.5) is 13.2 Å². The molecule has 0 radical (unpaired) electrons. The van der Waals surface area contributed by atoms with Gasteiger partial charge in [-0.15, -0.1) is 0 Å². The number of alkyl halides is 3. The van der Waals surface area contributed by atoms with Gasteiger partial charge in [0.25, 0.3) is 0 Å². The van der Waals surface area contributed by atoms with Gasteiger partial charge in [0.1, 0.15) is 0 Å². The van der Waals surface area contributed by atoms with Crippen LogP contribution in [-0.2, 0) is 15.5 Å². The first-order chi connectivity index (χ1) is 10.0. The molecule has 1 aliphatic carbocycles. The molecule has 2 atom stereocenters. The lowest BCUT2D eigenvalue weighted by Crippen LogP contribution is -2.41. The molecule has 1 saturated carbocycles. The van der Waals surface area contributed by atoms with Crippen LogP contribution in [0.25, 0.3) is 0 Å². The van der Waals surface area contributed by atoms with Gasteiger partial charge < -0.3 is 9.31 Å². The van der Waals surface area contributed by atoms with Gasteiger partial charge in [0, 0.05) is 23.6 Å².